The Kier molecular flexibility index (Phi) is 5.09. The van der Waals surface area contributed by atoms with Crippen molar-refractivity contribution in [3.8, 4) is 11.4 Å². The lowest BCUT2D eigenvalue weighted by Crippen LogP contribution is -2.17. The average Bonchev–Trinajstić information content (AvgIpc) is 2.90. The number of phenolic OH excluding ortho intramolecular Hbond substituents is 1. The van der Waals surface area contributed by atoms with Crippen molar-refractivity contribution in [2.24, 2.45) is 5.10 Å². The number of aromatic nitrogens is 1. The molecule has 2 aromatic carbocycles. The standard InChI is InChI=1S/C20H18ClN3O2/c1-13-11-16(14(2)24(13)18-7-9-19(25)10-8-18)12-22-23-20(26)15-3-5-17(21)6-4-15/h3-12,25H,1-2H3,(H,23,26). The van der Waals surface area contributed by atoms with Gasteiger partial charge in [0.25, 0.3) is 5.91 Å². The number of rotatable bonds is 4. The van der Waals surface area contributed by atoms with Crippen LogP contribution in [0.3, 0.4) is 0 Å². The highest BCUT2D eigenvalue weighted by atomic mass is 35.5. The summed E-state index contributed by atoms with van der Waals surface area (Å²) in [6.45, 7) is 3.96. The van der Waals surface area contributed by atoms with Crippen LogP contribution in [0.1, 0.15) is 27.3 Å². The number of aromatic hydroxyl groups is 1. The van der Waals surface area contributed by atoms with Gasteiger partial charge in [-0.05, 0) is 68.4 Å². The number of hydrazone groups is 1. The van der Waals surface area contributed by atoms with E-state index < -0.39 is 0 Å². The van der Waals surface area contributed by atoms with Crippen molar-refractivity contribution >= 4 is 23.7 Å². The molecule has 2 N–H and O–H groups in total. The fraction of sp³-hybridized carbons (Fsp3) is 0.100. The summed E-state index contributed by atoms with van der Waals surface area (Å²) in [5.74, 6) is -0.0758. The van der Waals surface area contributed by atoms with E-state index in [1.807, 2.05) is 32.0 Å². The van der Waals surface area contributed by atoms with Gasteiger partial charge >= 0.3 is 0 Å². The van der Waals surface area contributed by atoms with E-state index in [-0.39, 0.29) is 11.7 Å². The monoisotopic (exact) mass is 367 g/mol. The minimum atomic E-state index is -0.301. The molecule has 0 fully saturated rings. The van der Waals surface area contributed by atoms with Crippen molar-refractivity contribution in [1.29, 1.82) is 0 Å². The molecule has 0 radical (unpaired) electrons. The van der Waals surface area contributed by atoms with Crippen LogP contribution in [0.4, 0.5) is 0 Å². The number of carbonyl (C=O) groups excluding carboxylic acids is 1. The van der Waals surface area contributed by atoms with Gasteiger partial charge in [0.2, 0.25) is 0 Å². The SMILES string of the molecule is Cc1cc(C=NNC(=O)c2ccc(Cl)cc2)c(C)n1-c1ccc(O)cc1. The first kappa shape index (κ1) is 17.8. The van der Waals surface area contributed by atoms with Gasteiger partial charge in [0.05, 0.1) is 6.21 Å². The van der Waals surface area contributed by atoms with E-state index in [0.717, 1.165) is 22.6 Å². The van der Waals surface area contributed by atoms with Crippen LogP contribution in [0.25, 0.3) is 5.69 Å². The lowest BCUT2D eigenvalue weighted by atomic mass is 10.2. The van der Waals surface area contributed by atoms with Gasteiger partial charge in [-0.1, -0.05) is 11.6 Å². The highest BCUT2D eigenvalue weighted by Crippen LogP contribution is 2.21. The number of hydrogen-bond donors (Lipinski definition) is 2. The Morgan fingerprint density at radius 3 is 2.42 bits per heavy atom. The topological polar surface area (TPSA) is 66.6 Å². The maximum Gasteiger partial charge on any atom is 0.271 e. The van der Waals surface area contributed by atoms with E-state index in [1.165, 1.54) is 0 Å². The molecule has 0 saturated heterocycles. The highest BCUT2D eigenvalue weighted by molar-refractivity contribution is 6.30. The van der Waals surface area contributed by atoms with Crippen molar-refractivity contribution in [3.63, 3.8) is 0 Å². The third-order valence-corrected chi connectivity index (χ3v) is 4.31. The van der Waals surface area contributed by atoms with Gasteiger partial charge in [-0.3, -0.25) is 4.79 Å². The average molecular weight is 368 g/mol. The molecule has 0 aliphatic heterocycles. The predicted octanol–water partition coefficient (Wildman–Crippen LogP) is 4.22. The molecule has 1 aromatic heterocycles. The number of nitrogens with one attached hydrogen (secondary N) is 1. The van der Waals surface area contributed by atoms with Gasteiger partial charge in [-0.25, -0.2) is 5.43 Å². The van der Waals surface area contributed by atoms with Crippen LogP contribution in [0.15, 0.2) is 59.7 Å². The molecule has 26 heavy (non-hydrogen) atoms. The van der Waals surface area contributed by atoms with Crippen LogP contribution >= 0.6 is 11.6 Å². The van der Waals surface area contributed by atoms with Crippen molar-refractivity contribution in [1.82, 2.24) is 9.99 Å². The zero-order valence-electron chi connectivity index (χ0n) is 14.4. The van der Waals surface area contributed by atoms with E-state index >= 15 is 0 Å². The first-order chi connectivity index (χ1) is 12.5. The molecule has 0 bridgehead atoms. The molecule has 0 unspecified atom stereocenters. The molecule has 0 atom stereocenters. The molecule has 6 heteroatoms. The second-order valence-electron chi connectivity index (χ2n) is 5.88. The Bertz CT molecular complexity index is 958. The summed E-state index contributed by atoms with van der Waals surface area (Å²) in [5, 5.41) is 14.1. The molecule has 0 saturated carbocycles. The van der Waals surface area contributed by atoms with Crippen molar-refractivity contribution in [2.75, 3.05) is 0 Å². The molecule has 0 aliphatic rings. The lowest BCUT2D eigenvalue weighted by Gasteiger charge is -2.09. The molecular formula is C20H18ClN3O2. The molecule has 5 nitrogen and oxygen atoms in total. The van der Waals surface area contributed by atoms with E-state index in [4.69, 9.17) is 11.6 Å². The minimum absolute atomic E-state index is 0.225. The highest BCUT2D eigenvalue weighted by Gasteiger charge is 2.10. The summed E-state index contributed by atoms with van der Waals surface area (Å²) in [7, 11) is 0. The second kappa shape index (κ2) is 7.45. The maximum atomic E-state index is 12.1. The van der Waals surface area contributed by atoms with Crippen LogP contribution in [-0.4, -0.2) is 21.8 Å². The van der Waals surface area contributed by atoms with Crippen LogP contribution < -0.4 is 5.43 Å². The normalized spacial score (nSPS) is 11.0. The van der Waals surface area contributed by atoms with Gasteiger partial charge in [0.1, 0.15) is 5.75 Å². The molecule has 1 amide bonds. The van der Waals surface area contributed by atoms with Gasteiger partial charge < -0.3 is 9.67 Å². The van der Waals surface area contributed by atoms with E-state index in [9.17, 15) is 9.90 Å². The van der Waals surface area contributed by atoms with E-state index in [2.05, 4.69) is 15.1 Å². The third kappa shape index (κ3) is 3.78. The molecule has 132 valence electrons. The van der Waals surface area contributed by atoms with Gasteiger partial charge in [0, 0.05) is 33.2 Å². The van der Waals surface area contributed by atoms with Crippen molar-refractivity contribution in [2.45, 2.75) is 13.8 Å². The number of carbonyl (C=O) groups is 1. The number of halogens is 1. The molecule has 0 aliphatic carbocycles. The molecule has 3 rings (SSSR count). The Morgan fingerprint density at radius 2 is 1.77 bits per heavy atom. The van der Waals surface area contributed by atoms with Crippen LogP contribution in [0.2, 0.25) is 5.02 Å². The fourth-order valence-electron chi connectivity index (χ4n) is 2.74. The van der Waals surface area contributed by atoms with E-state index in [0.29, 0.717) is 10.6 Å². The lowest BCUT2D eigenvalue weighted by molar-refractivity contribution is 0.0955. The van der Waals surface area contributed by atoms with Crippen molar-refractivity contribution < 1.29 is 9.90 Å². The summed E-state index contributed by atoms with van der Waals surface area (Å²) in [6.07, 6.45) is 1.62. The minimum Gasteiger partial charge on any atom is -0.508 e. The Labute approximate surface area is 156 Å². The molecule has 0 spiro atoms. The Hall–Kier alpha value is -3.05. The third-order valence-electron chi connectivity index (χ3n) is 4.05. The summed E-state index contributed by atoms with van der Waals surface area (Å²) in [6, 6.07) is 15.6. The fourth-order valence-corrected chi connectivity index (χ4v) is 2.87. The first-order valence-corrected chi connectivity index (χ1v) is 8.41. The number of hydrogen-bond acceptors (Lipinski definition) is 3. The summed E-state index contributed by atoms with van der Waals surface area (Å²) in [4.78, 5) is 12.1. The number of nitrogens with zero attached hydrogens (tertiary/aromatic N) is 2. The number of aryl methyl sites for hydroxylation is 1. The Balaban J connectivity index is 1.77. The van der Waals surface area contributed by atoms with E-state index in [1.54, 1.807) is 42.6 Å². The molecule has 3 aromatic rings. The maximum absolute atomic E-state index is 12.1. The number of phenols is 1. The molecular weight excluding hydrogens is 350 g/mol. The Morgan fingerprint density at radius 1 is 1.12 bits per heavy atom. The quantitative estimate of drug-likeness (QED) is 0.535. The van der Waals surface area contributed by atoms with Gasteiger partial charge in [-0.2, -0.15) is 5.10 Å². The zero-order valence-corrected chi connectivity index (χ0v) is 15.2. The predicted molar refractivity (Wildman–Crippen MR) is 103 cm³/mol. The van der Waals surface area contributed by atoms with Gasteiger partial charge in [0.15, 0.2) is 0 Å². The smallest absolute Gasteiger partial charge is 0.271 e. The summed E-state index contributed by atoms with van der Waals surface area (Å²) < 4.78 is 2.06. The van der Waals surface area contributed by atoms with Crippen molar-refractivity contribution in [3.05, 3.63) is 82.1 Å². The molecule has 1 heterocycles. The summed E-state index contributed by atoms with van der Waals surface area (Å²) >= 11 is 5.82. The first-order valence-electron chi connectivity index (χ1n) is 8.03. The largest absolute Gasteiger partial charge is 0.508 e. The van der Waals surface area contributed by atoms with Gasteiger partial charge in [-0.15, -0.1) is 0 Å². The number of amides is 1. The van der Waals surface area contributed by atoms with Crippen LogP contribution in [0, 0.1) is 13.8 Å². The number of benzene rings is 2. The van der Waals surface area contributed by atoms with Crippen LogP contribution in [-0.2, 0) is 0 Å². The second-order valence-corrected chi connectivity index (χ2v) is 6.32. The van der Waals surface area contributed by atoms with Crippen LogP contribution in [0.5, 0.6) is 5.75 Å². The zero-order chi connectivity index (χ0) is 18.7. The summed E-state index contributed by atoms with van der Waals surface area (Å²) in [5.41, 5.74) is 6.86.